The molecule has 1 aliphatic heterocycles. The van der Waals surface area contributed by atoms with E-state index in [-0.39, 0.29) is 6.03 Å². The van der Waals surface area contributed by atoms with Crippen LogP contribution in [0, 0.1) is 0 Å². The Morgan fingerprint density at radius 3 is 2.76 bits per heavy atom. The van der Waals surface area contributed by atoms with Crippen molar-refractivity contribution < 1.29 is 9.53 Å². The van der Waals surface area contributed by atoms with Crippen LogP contribution in [0.5, 0.6) is 5.88 Å². The van der Waals surface area contributed by atoms with Crippen molar-refractivity contribution in [2.24, 2.45) is 0 Å². The summed E-state index contributed by atoms with van der Waals surface area (Å²) in [6, 6.07) is 19.8. The number of pyridine rings is 1. The zero-order chi connectivity index (χ0) is 20.1. The second-order valence-corrected chi connectivity index (χ2v) is 6.79. The SMILES string of the molecule is CCOc1ncccc1CNC(=O)Nc1ccc(N2CCc3ccccc32)cc1. The molecule has 6 nitrogen and oxygen atoms in total. The Labute approximate surface area is 170 Å². The van der Waals surface area contributed by atoms with Crippen molar-refractivity contribution >= 4 is 23.1 Å². The monoisotopic (exact) mass is 388 g/mol. The summed E-state index contributed by atoms with van der Waals surface area (Å²) >= 11 is 0. The number of nitrogens with zero attached hydrogens (tertiary/aromatic N) is 2. The van der Waals surface area contributed by atoms with Gasteiger partial charge in [0.05, 0.1) is 6.61 Å². The van der Waals surface area contributed by atoms with E-state index in [9.17, 15) is 4.79 Å². The van der Waals surface area contributed by atoms with Crippen LogP contribution in [0.3, 0.4) is 0 Å². The van der Waals surface area contributed by atoms with Crippen LogP contribution in [-0.4, -0.2) is 24.2 Å². The highest BCUT2D eigenvalue weighted by molar-refractivity contribution is 5.89. The van der Waals surface area contributed by atoms with Crippen LogP contribution < -0.4 is 20.3 Å². The molecule has 0 fully saturated rings. The number of fused-ring (bicyclic) bond motifs is 1. The Kier molecular flexibility index (Phi) is 5.61. The molecule has 29 heavy (non-hydrogen) atoms. The number of hydrogen-bond acceptors (Lipinski definition) is 4. The minimum atomic E-state index is -0.268. The van der Waals surface area contributed by atoms with Crippen molar-refractivity contribution in [3.8, 4) is 5.88 Å². The fourth-order valence-electron chi connectivity index (χ4n) is 3.51. The highest BCUT2D eigenvalue weighted by atomic mass is 16.5. The first-order valence-corrected chi connectivity index (χ1v) is 9.81. The van der Waals surface area contributed by atoms with Crippen molar-refractivity contribution in [3.63, 3.8) is 0 Å². The number of anilines is 3. The number of rotatable bonds is 6. The van der Waals surface area contributed by atoms with Gasteiger partial charge in [-0.1, -0.05) is 24.3 Å². The number of urea groups is 1. The number of carbonyl (C=O) groups excluding carboxylic acids is 1. The zero-order valence-electron chi connectivity index (χ0n) is 16.4. The molecule has 2 heterocycles. The first kappa shape index (κ1) is 18.8. The van der Waals surface area contributed by atoms with Crippen LogP contribution in [-0.2, 0) is 13.0 Å². The number of ether oxygens (including phenoxy) is 1. The Balaban J connectivity index is 1.35. The number of hydrogen-bond donors (Lipinski definition) is 2. The van der Waals surface area contributed by atoms with Gasteiger partial charge in [0.15, 0.2) is 0 Å². The standard InChI is InChI=1S/C23H24N4O2/c1-2-29-22-18(7-5-14-24-22)16-25-23(28)26-19-9-11-20(12-10-19)27-15-13-17-6-3-4-8-21(17)27/h3-12,14H,2,13,15-16H2,1H3,(H2,25,26,28). The summed E-state index contributed by atoms with van der Waals surface area (Å²) < 4.78 is 5.49. The lowest BCUT2D eigenvalue weighted by atomic mass is 10.2. The largest absolute Gasteiger partial charge is 0.478 e. The molecule has 0 saturated heterocycles. The van der Waals surface area contributed by atoms with Crippen LogP contribution >= 0.6 is 0 Å². The highest BCUT2D eigenvalue weighted by Gasteiger charge is 2.19. The predicted octanol–water partition coefficient (Wildman–Crippen LogP) is 4.50. The molecule has 0 saturated carbocycles. The van der Waals surface area contributed by atoms with Crippen LogP contribution in [0.4, 0.5) is 21.9 Å². The molecule has 0 radical (unpaired) electrons. The number of carbonyl (C=O) groups is 1. The molecule has 6 heteroatoms. The summed E-state index contributed by atoms with van der Waals surface area (Å²) in [6.07, 6.45) is 2.73. The van der Waals surface area contributed by atoms with Gasteiger partial charge >= 0.3 is 6.03 Å². The quantitative estimate of drug-likeness (QED) is 0.653. The van der Waals surface area contributed by atoms with Gasteiger partial charge in [-0.05, 0) is 55.3 Å². The smallest absolute Gasteiger partial charge is 0.319 e. The maximum Gasteiger partial charge on any atom is 0.319 e. The summed E-state index contributed by atoms with van der Waals surface area (Å²) in [5, 5.41) is 5.72. The molecule has 148 valence electrons. The second kappa shape index (κ2) is 8.65. The lowest BCUT2D eigenvalue weighted by molar-refractivity contribution is 0.251. The minimum Gasteiger partial charge on any atom is -0.478 e. The Bertz CT molecular complexity index is 988. The van der Waals surface area contributed by atoms with E-state index in [4.69, 9.17) is 4.74 Å². The molecule has 2 N–H and O–H groups in total. The third-order valence-corrected chi connectivity index (χ3v) is 4.89. The molecule has 3 aromatic rings. The van der Waals surface area contributed by atoms with E-state index in [2.05, 4.69) is 44.8 Å². The number of nitrogens with one attached hydrogen (secondary N) is 2. The first-order valence-electron chi connectivity index (χ1n) is 9.81. The summed E-state index contributed by atoms with van der Waals surface area (Å²) in [5.74, 6) is 0.547. The Hall–Kier alpha value is -3.54. The Morgan fingerprint density at radius 1 is 1.10 bits per heavy atom. The second-order valence-electron chi connectivity index (χ2n) is 6.79. The normalized spacial score (nSPS) is 12.4. The summed E-state index contributed by atoms with van der Waals surface area (Å²) in [4.78, 5) is 18.8. The van der Waals surface area contributed by atoms with Crippen LogP contribution in [0.25, 0.3) is 0 Å². The number of amides is 2. The molecule has 1 aromatic heterocycles. The van der Waals surface area contributed by atoms with Gasteiger partial charge in [-0.25, -0.2) is 9.78 Å². The molecule has 4 rings (SSSR count). The van der Waals surface area contributed by atoms with E-state index in [1.807, 2.05) is 43.3 Å². The molecular weight excluding hydrogens is 364 g/mol. The van der Waals surface area contributed by atoms with Crippen LogP contribution in [0.1, 0.15) is 18.1 Å². The van der Waals surface area contributed by atoms with Gasteiger partial charge < -0.3 is 20.3 Å². The predicted molar refractivity (Wildman–Crippen MR) is 115 cm³/mol. The molecule has 0 aliphatic carbocycles. The van der Waals surface area contributed by atoms with E-state index in [1.165, 1.54) is 11.3 Å². The van der Waals surface area contributed by atoms with Crippen LogP contribution in [0.15, 0.2) is 66.9 Å². The number of aromatic nitrogens is 1. The third-order valence-electron chi connectivity index (χ3n) is 4.89. The topological polar surface area (TPSA) is 66.5 Å². The maximum absolute atomic E-state index is 12.3. The van der Waals surface area contributed by atoms with Crippen molar-refractivity contribution in [3.05, 3.63) is 78.0 Å². The van der Waals surface area contributed by atoms with Gasteiger partial charge in [-0.15, -0.1) is 0 Å². The van der Waals surface area contributed by atoms with Gasteiger partial charge in [0.2, 0.25) is 5.88 Å². The molecular formula is C23H24N4O2. The van der Waals surface area contributed by atoms with E-state index in [0.29, 0.717) is 19.0 Å². The fraction of sp³-hybridized carbons (Fsp3) is 0.217. The summed E-state index contributed by atoms with van der Waals surface area (Å²) in [5.41, 5.74) is 5.34. The minimum absolute atomic E-state index is 0.268. The number of para-hydroxylation sites is 1. The van der Waals surface area contributed by atoms with Crippen LogP contribution in [0.2, 0.25) is 0 Å². The van der Waals surface area contributed by atoms with Gasteiger partial charge in [0, 0.05) is 41.9 Å². The number of benzene rings is 2. The van der Waals surface area contributed by atoms with Gasteiger partial charge in [0.25, 0.3) is 0 Å². The summed E-state index contributed by atoms with van der Waals surface area (Å²) in [6.45, 7) is 3.75. The van der Waals surface area contributed by atoms with Crippen molar-refractivity contribution in [2.75, 3.05) is 23.4 Å². The molecule has 0 unspecified atom stereocenters. The average Bonchev–Trinajstić information content (AvgIpc) is 3.18. The average molecular weight is 388 g/mol. The third kappa shape index (κ3) is 4.32. The van der Waals surface area contributed by atoms with Crippen molar-refractivity contribution in [2.45, 2.75) is 19.9 Å². The van der Waals surface area contributed by atoms with E-state index >= 15 is 0 Å². The molecule has 2 amide bonds. The molecule has 0 spiro atoms. The first-order chi connectivity index (χ1) is 14.2. The van der Waals surface area contributed by atoms with E-state index in [1.54, 1.807) is 6.20 Å². The van der Waals surface area contributed by atoms with Crippen molar-refractivity contribution in [1.82, 2.24) is 10.3 Å². The maximum atomic E-state index is 12.3. The summed E-state index contributed by atoms with van der Waals surface area (Å²) in [7, 11) is 0. The molecule has 2 aromatic carbocycles. The Morgan fingerprint density at radius 2 is 1.93 bits per heavy atom. The molecule has 1 aliphatic rings. The van der Waals surface area contributed by atoms with Gasteiger partial charge in [-0.2, -0.15) is 0 Å². The van der Waals surface area contributed by atoms with E-state index < -0.39 is 0 Å². The lowest BCUT2D eigenvalue weighted by Crippen LogP contribution is -2.28. The fourth-order valence-corrected chi connectivity index (χ4v) is 3.51. The highest BCUT2D eigenvalue weighted by Crippen LogP contribution is 2.34. The van der Waals surface area contributed by atoms with Gasteiger partial charge in [-0.3, -0.25) is 0 Å². The molecule has 0 bridgehead atoms. The molecule has 0 atom stereocenters. The van der Waals surface area contributed by atoms with Crippen molar-refractivity contribution in [1.29, 1.82) is 0 Å². The van der Waals surface area contributed by atoms with Gasteiger partial charge in [0.1, 0.15) is 0 Å². The lowest BCUT2D eigenvalue weighted by Gasteiger charge is -2.20. The van der Waals surface area contributed by atoms with E-state index in [0.717, 1.165) is 29.9 Å². The zero-order valence-corrected chi connectivity index (χ0v) is 16.4.